The normalized spacial score (nSPS) is 16.2. The number of hydrogen-bond acceptors (Lipinski definition) is 4. The number of carboxylic acids is 1. The van der Waals surface area contributed by atoms with Crippen LogP contribution in [0.3, 0.4) is 0 Å². The van der Waals surface area contributed by atoms with Gasteiger partial charge in [0.2, 0.25) is 0 Å². The van der Waals surface area contributed by atoms with E-state index in [-0.39, 0.29) is 11.8 Å². The second-order valence-corrected chi connectivity index (χ2v) is 8.92. The average Bonchev–Trinajstić information content (AvgIpc) is 3.38. The largest absolute Gasteiger partial charge is 0.480 e. The van der Waals surface area contributed by atoms with Gasteiger partial charge in [0.1, 0.15) is 5.75 Å². The fourth-order valence-electron chi connectivity index (χ4n) is 3.26. The van der Waals surface area contributed by atoms with Crippen molar-refractivity contribution < 1.29 is 18.3 Å². The molecule has 6 heteroatoms. The van der Waals surface area contributed by atoms with Gasteiger partial charge >= 0.3 is 5.97 Å². The van der Waals surface area contributed by atoms with E-state index in [2.05, 4.69) is 42.2 Å². The SMILES string of the molecule is CC(c1ccc2ccccc2c1)N(CCS(=O)(=O)CC(=O)O)C1CC1. The van der Waals surface area contributed by atoms with Crippen LogP contribution >= 0.6 is 0 Å². The van der Waals surface area contributed by atoms with Gasteiger partial charge in [0.15, 0.2) is 9.84 Å². The Morgan fingerprint density at radius 3 is 2.52 bits per heavy atom. The number of aliphatic carboxylic acids is 1. The molecule has 0 amide bonds. The molecule has 0 saturated heterocycles. The van der Waals surface area contributed by atoms with Crippen molar-refractivity contribution in [3.63, 3.8) is 0 Å². The third-order valence-corrected chi connectivity index (χ3v) is 6.26. The first-order chi connectivity index (χ1) is 11.9. The minimum absolute atomic E-state index is 0.0946. The lowest BCUT2D eigenvalue weighted by molar-refractivity contribution is -0.134. The third kappa shape index (κ3) is 4.58. The molecular formula is C19H23NO4S. The summed E-state index contributed by atoms with van der Waals surface area (Å²) in [5.41, 5.74) is 1.15. The Balaban J connectivity index is 1.76. The van der Waals surface area contributed by atoms with Crippen LogP contribution in [0.15, 0.2) is 42.5 Å². The zero-order valence-corrected chi connectivity index (χ0v) is 15.1. The molecule has 1 saturated carbocycles. The lowest BCUT2D eigenvalue weighted by atomic mass is 10.0. The van der Waals surface area contributed by atoms with Gasteiger partial charge in [-0.2, -0.15) is 0 Å². The smallest absolute Gasteiger partial charge is 0.318 e. The van der Waals surface area contributed by atoms with Gasteiger partial charge in [-0.3, -0.25) is 9.69 Å². The van der Waals surface area contributed by atoms with Crippen LogP contribution < -0.4 is 0 Å². The van der Waals surface area contributed by atoms with E-state index in [4.69, 9.17) is 5.11 Å². The second kappa shape index (κ2) is 7.14. The van der Waals surface area contributed by atoms with Crippen molar-refractivity contribution in [2.24, 2.45) is 0 Å². The summed E-state index contributed by atoms with van der Waals surface area (Å²) in [6.45, 7) is 2.46. The zero-order valence-electron chi connectivity index (χ0n) is 14.3. The Morgan fingerprint density at radius 1 is 1.20 bits per heavy atom. The number of benzene rings is 2. The topological polar surface area (TPSA) is 74.7 Å². The molecule has 1 unspecified atom stereocenters. The highest BCUT2D eigenvalue weighted by Crippen LogP contribution is 2.34. The van der Waals surface area contributed by atoms with Crippen molar-refractivity contribution in [1.82, 2.24) is 4.90 Å². The van der Waals surface area contributed by atoms with Crippen LogP contribution in [0.1, 0.15) is 31.4 Å². The predicted molar refractivity (Wildman–Crippen MR) is 98.4 cm³/mol. The van der Waals surface area contributed by atoms with Crippen LogP contribution in [0.25, 0.3) is 10.8 Å². The molecule has 5 nitrogen and oxygen atoms in total. The number of fused-ring (bicyclic) bond motifs is 1. The summed E-state index contributed by atoms with van der Waals surface area (Å²) in [7, 11) is -3.57. The van der Waals surface area contributed by atoms with Crippen LogP contribution in [0, 0.1) is 0 Å². The van der Waals surface area contributed by atoms with Crippen molar-refractivity contribution >= 4 is 26.6 Å². The fraction of sp³-hybridized carbons (Fsp3) is 0.421. The Labute approximate surface area is 148 Å². The Morgan fingerprint density at radius 2 is 1.88 bits per heavy atom. The van der Waals surface area contributed by atoms with Crippen LogP contribution in [0.4, 0.5) is 0 Å². The molecule has 2 aromatic carbocycles. The first-order valence-electron chi connectivity index (χ1n) is 8.52. The molecule has 1 fully saturated rings. The van der Waals surface area contributed by atoms with Crippen LogP contribution in [-0.4, -0.2) is 48.5 Å². The average molecular weight is 361 g/mol. The van der Waals surface area contributed by atoms with Crippen LogP contribution in [-0.2, 0) is 14.6 Å². The van der Waals surface area contributed by atoms with Gasteiger partial charge in [-0.1, -0.05) is 36.4 Å². The summed E-state index contributed by atoms with van der Waals surface area (Å²) < 4.78 is 23.8. The Kier molecular flexibility index (Phi) is 5.11. The number of sulfone groups is 1. The van der Waals surface area contributed by atoms with Crippen molar-refractivity contribution in [2.45, 2.75) is 31.8 Å². The summed E-state index contributed by atoms with van der Waals surface area (Å²) >= 11 is 0. The number of hydrogen-bond donors (Lipinski definition) is 1. The highest BCUT2D eigenvalue weighted by molar-refractivity contribution is 7.92. The maximum atomic E-state index is 11.9. The van der Waals surface area contributed by atoms with Gasteiger partial charge in [0, 0.05) is 18.6 Å². The van der Waals surface area contributed by atoms with Gasteiger partial charge in [-0.05, 0) is 42.2 Å². The van der Waals surface area contributed by atoms with E-state index in [1.807, 2.05) is 12.1 Å². The summed E-state index contributed by atoms with van der Waals surface area (Å²) in [5, 5.41) is 11.1. The first kappa shape index (κ1) is 17.9. The highest BCUT2D eigenvalue weighted by atomic mass is 32.2. The maximum absolute atomic E-state index is 11.9. The summed E-state index contributed by atoms with van der Waals surface area (Å²) in [5.74, 6) is -2.20. The summed E-state index contributed by atoms with van der Waals surface area (Å²) in [6.07, 6.45) is 2.13. The molecule has 0 aromatic heterocycles. The summed E-state index contributed by atoms with van der Waals surface area (Å²) in [6, 6.07) is 15.0. The van der Waals surface area contributed by atoms with Crippen molar-refractivity contribution in [3.05, 3.63) is 48.0 Å². The molecule has 134 valence electrons. The molecule has 1 atom stereocenters. The molecule has 0 radical (unpaired) electrons. The van der Waals surface area contributed by atoms with Crippen LogP contribution in [0.2, 0.25) is 0 Å². The first-order valence-corrected chi connectivity index (χ1v) is 10.3. The standard InChI is InChI=1S/C19H23NO4S/c1-14(16-7-6-15-4-2-3-5-17(15)12-16)20(18-8-9-18)10-11-25(23,24)13-19(21)22/h2-7,12,14,18H,8-11,13H2,1H3,(H,21,22). The quantitative estimate of drug-likeness (QED) is 0.782. The minimum atomic E-state index is -3.57. The molecule has 1 N–H and O–H groups in total. The molecule has 1 aliphatic rings. The van der Waals surface area contributed by atoms with E-state index in [1.54, 1.807) is 0 Å². The minimum Gasteiger partial charge on any atom is -0.480 e. The molecule has 3 rings (SSSR count). The Bertz CT molecular complexity index is 874. The highest BCUT2D eigenvalue weighted by Gasteiger charge is 2.33. The molecular weight excluding hydrogens is 338 g/mol. The molecule has 0 spiro atoms. The lowest BCUT2D eigenvalue weighted by Gasteiger charge is -2.29. The van der Waals surface area contributed by atoms with Gasteiger partial charge in [-0.15, -0.1) is 0 Å². The molecule has 0 heterocycles. The number of nitrogens with zero attached hydrogens (tertiary/aromatic N) is 1. The molecule has 0 aliphatic heterocycles. The van der Waals surface area contributed by atoms with E-state index in [0.717, 1.165) is 18.4 Å². The second-order valence-electron chi connectivity index (χ2n) is 6.74. The van der Waals surface area contributed by atoms with Crippen molar-refractivity contribution in [3.8, 4) is 0 Å². The van der Waals surface area contributed by atoms with Crippen molar-refractivity contribution in [2.75, 3.05) is 18.1 Å². The van der Waals surface area contributed by atoms with E-state index < -0.39 is 21.6 Å². The van der Waals surface area contributed by atoms with Gasteiger partial charge in [0.25, 0.3) is 0 Å². The predicted octanol–water partition coefficient (Wildman–Crippen LogP) is 2.86. The summed E-state index contributed by atoms with van der Waals surface area (Å²) in [4.78, 5) is 12.9. The monoisotopic (exact) mass is 361 g/mol. The zero-order chi connectivity index (χ0) is 18.0. The van der Waals surface area contributed by atoms with E-state index in [0.29, 0.717) is 12.6 Å². The van der Waals surface area contributed by atoms with Crippen molar-refractivity contribution in [1.29, 1.82) is 0 Å². The molecule has 2 aromatic rings. The van der Waals surface area contributed by atoms with E-state index >= 15 is 0 Å². The molecule has 1 aliphatic carbocycles. The maximum Gasteiger partial charge on any atom is 0.318 e. The van der Waals surface area contributed by atoms with Gasteiger partial charge < -0.3 is 5.11 Å². The number of carboxylic acid groups (broad SMARTS) is 1. The van der Waals surface area contributed by atoms with Crippen LogP contribution in [0.5, 0.6) is 0 Å². The fourth-order valence-corrected chi connectivity index (χ4v) is 4.27. The third-order valence-electron chi connectivity index (χ3n) is 4.77. The van der Waals surface area contributed by atoms with E-state index in [9.17, 15) is 13.2 Å². The van der Waals surface area contributed by atoms with Gasteiger partial charge in [0.05, 0.1) is 5.75 Å². The number of rotatable bonds is 8. The molecule has 25 heavy (non-hydrogen) atoms. The van der Waals surface area contributed by atoms with Gasteiger partial charge in [-0.25, -0.2) is 8.42 Å². The number of carbonyl (C=O) groups is 1. The lowest BCUT2D eigenvalue weighted by Crippen LogP contribution is -2.35. The molecule has 0 bridgehead atoms. The van der Waals surface area contributed by atoms with E-state index in [1.165, 1.54) is 10.8 Å². The Hall–Kier alpha value is -1.92.